The van der Waals surface area contributed by atoms with Crippen molar-refractivity contribution in [2.75, 3.05) is 11.9 Å². The van der Waals surface area contributed by atoms with Crippen LogP contribution in [0.3, 0.4) is 0 Å². The van der Waals surface area contributed by atoms with E-state index in [1.54, 1.807) is 0 Å². The number of amides is 1. The number of carbonyl (C=O) groups excluding carboxylic acids is 1. The molecule has 16 heavy (non-hydrogen) atoms. The van der Waals surface area contributed by atoms with Crippen LogP contribution in [0.15, 0.2) is 0 Å². The van der Waals surface area contributed by atoms with E-state index in [1.165, 1.54) is 16.2 Å². The van der Waals surface area contributed by atoms with Crippen LogP contribution in [0, 0.1) is 11.3 Å². The number of thiophene rings is 1. The molecule has 1 heterocycles. The summed E-state index contributed by atoms with van der Waals surface area (Å²) in [5, 5.41) is 20.9. The minimum Gasteiger partial charge on any atom is -0.387 e. The third-order valence-corrected chi connectivity index (χ3v) is 3.89. The zero-order chi connectivity index (χ0) is 11.5. The Morgan fingerprint density at radius 1 is 1.50 bits per heavy atom. The van der Waals surface area contributed by atoms with Crippen molar-refractivity contribution in [2.24, 2.45) is 0 Å². The molecule has 0 fully saturated rings. The third-order valence-electron chi connectivity index (χ3n) is 2.68. The molecule has 1 aliphatic carbocycles. The van der Waals surface area contributed by atoms with E-state index in [-0.39, 0.29) is 0 Å². The van der Waals surface area contributed by atoms with E-state index >= 15 is 0 Å². The lowest BCUT2D eigenvalue weighted by molar-refractivity contribution is -0.118. The number of nitrogens with zero attached hydrogens (tertiary/aromatic N) is 1. The zero-order valence-corrected chi connectivity index (χ0v) is 9.56. The summed E-state index contributed by atoms with van der Waals surface area (Å²) < 4.78 is 0. The normalized spacial score (nSPS) is 14.0. The maximum absolute atomic E-state index is 11.1. The number of fused-ring (bicyclic) bond motifs is 1. The Balaban J connectivity index is 2.35. The molecule has 1 aliphatic rings. The van der Waals surface area contributed by atoms with Gasteiger partial charge in [-0.3, -0.25) is 4.79 Å². The number of nitrogens with one attached hydrogen (secondary N) is 1. The van der Waals surface area contributed by atoms with Gasteiger partial charge in [0.05, 0.1) is 5.56 Å². The van der Waals surface area contributed by atoms with Crippen LogP contribution in [0.5, 0.6) is 0 Å². The molecule has 1 aromatic rings. The van der Waals surface area contributed by atoms with E-state index in [0.717, 1.165) is 31.2 Å². The molecule has 0 spiro atoms. The van der Waals surface area contributed by atoms with Gasteiger partial charge in [-0.15, -0.1) is 11.3 Å². The molecule has 0 unspecified atom stereocenters. The van der Waals surface area contributed by atoms with E-state index in [9.17, 15) is 4.79 Å². The highest BCUT2D eigenvalue weighted by Gasteiger charge is 2.21. The summed E-state index contributed by atoms with van der Waals surface area (Å²) in [6.45, 7) is -0.548. The molecular formula is C11H12N2O2S. The largest absolute Gasteiger partial charge is 0.387 e. The van der Waals surface area contributed by atoms with Gasteiger partial charge in [0.1, 0.15) is 17.7 Å². The van der Waals surface area contributed by atoms with Crippen LogP contribution in [0.1, 0.15) is 28.8 Å². The third kappa shape index (κ3) is 1.94. The first-order valence-electron chi connectivity index (χ1n) is 5.21. The van der Waals surface area contributed by atoms with Crippen LogP contribution >= 0.6 is 11.3 Å². The van der Waals surface area contributed by atoms with Crippen molar-refractivity contribution < 1.29 is 9.90 Å². The van der Waals surface area contributed by atoms with Gasteiger partial charge in [0, 0.05) is 4.88 Å². The van der Waals surface area contributed by atoms with Crippen molar-refractivity contribution in [3.63, 3.8) is 0 Å². The monoisotopic (exact) mass is 236 g/mol. The molecule has 0 bridgehead atoms. The number of rotatable bonds is 2. The second-order valence-electron chi connectivity index (χ2n) is 3.73. The van der Waals surface area contributed by atoms with Crippen molar-refractivity contribution in [1.82, 2.24) is 0 Å². The van der Waals surface area contributed by atoms with Gasteiger partial charge in [0.25, 0.3) is 5.91 Å². The number of aliphatic hydroxyl groups excluding tert-OH is 1. The van der Waals surface area contributed by atoms with Gasteiger partial charge in [0.15, 0.2) is 0 Å². The summed E-state index contributed by atoms with van der Waals surface area (Å²) in [5.74, 6) is -0.463. The number of carbonyl (C=O) groups is 1. The second kappa shape index (κ2) is 4.64. The highest BCUT2D eigenvalue weighted by molar-refractivity contribution is 7.16. The van der Waals surface area contributed by atoms with Crippen LogP contribution in [0.2, 0.25) is 0 Å². The molecule has 0 saturated heterocycles. The highest BCUT2D eigenvalue weighted by atomic mass is 32.1. The standard InChI is InChI=1S/C11H12N2O2S/c12-5-8-7-3-1-2-4-9(7)16-11(8)13-10(15)6-14/h14H,1-4,6H2,(H,13,15). The van der Waals surface area contributed by atoms with Gasteiger partial charge < -0.3 is 10.4 Å². The SMILES string of the molecule is N#Cc1c(NC(=O)CO)sc2c1CCCC2. The number of aliphatic hydroxyl groups is 1. The fourth-order valence-electron chi connectivity index (χ4n) is 1.94. The molecule has 4 nitrogen and oxygen atoms in total. The van der Waals surface area contributed by atoms with Crippen molar-refractivity contribution in [1.29, 1.82) is 5.26 Å². The Bertz CT molecular complexity index is 459. The molecule has 0 aromatic carbocycles. The van der Waals surface area contributed by atoms with Gasteiger partial charge in [0.2, 0.25) is 0 Å². The predicted octanol–water partition coefficient (Wildman–Crippen LogP) is 1.43. The molecule has 1 amide bonds. The lowest BCUT2D eigenvalue weighted by Crippen LogP contribution is -2.15. The van der Waals surface area contributed by atoms with Gasteiger partial charge >= 0.3 is 0 Å². The molecule has 84 valence electrons. The molecular weight excluding hydrogens is 224 g/mol. The summed E-state index contributed by atoms with van der Waals surface area (Å²) in [5.41, 5.74) is 1.67. The average molecular weight is 236 g/mol. The van der Waals surface area contributed by atoms with E-state index in [0.29, 0.717) is 10.6 Å². The quantitative estimate of drug-likeness (QED) is 0.815. The topological polar surface area (TPSA) is 73.1 Å². The fraction of sp³-hybridized carbons (Fsp3) is 0.455. The molecule has 0 atom stereocenters. The van der Waals surface area contributed by atoms with Crippen LogP contribution < -0.4 is 5.32 Å². The molecule has 0 saturated carbocycles. The number of nitriles is 1. The Kier molecular flexibility index (Phi) is 3.22. The molecule has 0 aliphatic heterocycles. The lowest BCUT2D eigenvalue weighted by atomic mass is 9.96. The Morgan fingerprint density at radius 2 is 2.25 bits per heavy atom. The minimum atomic E-state index is -0.548. The average Bonchev–Trinajstić information content (AvgIpc) is 2.65. The molecule has 5 heteroatoms. The van der Waals surface area contributed by atoms with Crippen molar-refractivity contribution in [3.8, 4) is 6.07 Å². The second-order valence-corrected chi connectivity index (χ2v) is 4.84. The number of hydrogen-bond donors (Lipinski definition) is 2. The van der Waals surface area contributed by atoms with Crippen molar-refractivity contribution in [3.05, 3.63) is 16.0 Å². The van der Waals surface area contributed by atoms with E-state index in [4.69, 9.17) is 10.4 Å². The van der Waals surface area contributed by atoms with Crippen molar-refractivity contribution in [2.45, 2.75) is 25.7 Å². The first-order chi connectivity index (χ1) is 7.76. The van der Waals surface area contributed by atoms with Crippen LogP contribution in [-0.2, 0) is 17.6 Å². The lowest BCUT2D eigenvalue weighted by Gasteiger charge is -2.09. The maximum atomic E-state index is 11.1. The van der Waals surface area contributed by atoms with Crippen LogP contribution in [0.25, 0.3) is 0 Å². The van der Waals surface area contributed by atoms with Gasteiger partial charge in [-0.05, 0) is 31.2 Å². The predicted molar refractivity (Wildman–Crippen MR) is 61.4 cm³/mol. The summed E-state index contributed by atoms with van der Waals surface area (Å²) in [6, 6.07) is 2.15. The minimum absolute atomic E-state index is 0.463. The Labute approximate surface area is 97.5 Å². The smallest absolute Gasteiger partial charge is 0.250 e. The highest BCUT2D eigenvalue weighted by Crippen LogP contribution is 2.37. The van der Waals surface area contributed by atoms with E-state index in [2.05, 4.69) is 11.4 Å². The number of hydrogen-bond acceptors (Lipinski definition) is 4. The summed E-state index contributed by atoms with van der Waals surface area (Å²) in [4.78, 5) is 12.3. The van der Waals surface area contributed by atoms with E-state index in [1.807, 2.05) is 0 Å². The first kappa shape index (κ1) is 11.1. The first-order valence-corrected chi connectivity index (χ1v) is 6.03. The summed E-state index contributed by atoms with van der Waals surface area (Å²) in [6.07, 6.45) is 4.16. The number of aryl methyl sites for hydroxylation is 1. The van der Waals surface area contributed by atoms with Crippen LogP contribution in [0.4, 0.5) is 5.00 Å². The van der Waals surface area contributed by atoms with Crippen molar-refractivity contribution >= 4 is 22.2 Å². The Morgan fingerprint density at radius 3 is 2.94 bits per heavy atom. The summed E-state index contributed by atoms with van der Waals surface area (Å²) in [7, 11) is 0. The van der Waals surface area contributed by atoms with Gasteiger partial charge in [-0.2, -0.15) is 5.26 Å². The molecule has 0 radical (unpaired) electrons. The number of anilines is 1. The fourth-order valence-corrected chi connectivity index (χ4v) is 3.19. The van der Waals surface area contributed by atoms with Gasteiger partial charge in [-0.1, -0.05) is 0 Å². The van der Waals surface area contributed by atoms with E-state index < -0.39 is 12.5 Å². The molecule has 2 N–H and O–H groups in total. The van der Waals surface area contributed by atoms with Gasteiger partial charge in [-0.25, -0.2) is 0 Å². The maximum Gasteiger partial charge on any atom is 0.250 e. The zero-order valence-electron chi connectivity index (χ0n) is 8.75. The molecule has 2 rings (SSSR count). The molecule has 1 aromatic heterocycles. The Hall–Kier alpha value is -1.38. The van der Waals surface area contributed by atoms with Crippen LogP contribution in [-0.4, -0.2) is 17.6 Å². The summed E-state index contributed by atoms with van der Waals surface area (Å²) >= 11 is 1.46.